The van der Waals surface area contributed by atoms with Gasteiger partial charge in [0.25, 0.3) is 0 Å². The molecule has 3 unspecified atom stereocenters. The Morgan fingerprint density at radius 1 is 1.31 bits per heavy atom. The lowest BCUT2D eigenvalue weighted by molar-refractivity contribution is 0.560. The first-order valence-corrected chi connectivity index (χ1v) is 5.76. The van der Waals surface area contributed by atoms with Gasteiger partial charge in [-0.1, -0.05) is 39.8 Å². The minimum absolute atomic E-state index is 0.800. The van der Waals surface area contributed by atoms with E-state index in [-0.39, 0.29) is 0 Å². The molecule has 0 amide bonds. The molecule has 0 nitrogen and oxygen atoms in total. The molecule has 0 heterocycles. The van der Waals surface area contributed by atoms with E-state index in [1.54, 1.807) is 0 Å². The molecule has 1 fully saturated rings. The van der Waals surface area contributed by atoms with Gasteiger partial charge in [-0.15, -0.1) is 0 Å². The molecule has 0 N–H and O–H groups in total. The summed E-state index contributed by atoms with van der Waals surface area (Å²) in [7, 11) is 0. The zero-order chi connectivity index (χ0) is 9.84. The summed E-state index contributed by atoms with van der Waals surface area (Å²) in [5.41, 5.74) is 0. The van der Waals surface area contributed by atoms with E-state index in [0.29, 0.717) is 0 Å². The molecule has 0 spiro atoms. The van der Waals surface area contributed by atoms with Gasteiger partial charge in [-0.05, 0) is 42.9 Å². The van der Waals surface area contributed by atoms with Crippen LogP contribution < -0.4 is 0 Å². The van der Waals surface area contributed by atoms with Crippen LogP contribution in [-0.2, 0) is 0 Å². The van der Waals surface area contributed by atoms with E-state index in [1.165, 1.54) is 19.3 Å². The highest BCUT2D eigenvalue weighted by Gasteiger charge is 2.32. The second kappa shape index (κ2) is 4.83. The van der Waals surface area contributed by atoms with Gasteiger partial charge in [-0.25, -0.2) is 0 Å². The van der Waals surface area contributed by atoms with Gasteiger partial charge in [0.05, 0.1) is 0 Å². The largest absolute Gasteiger partial charge is 0.0880 e. The van der Waals surface area contributed by atoms with Crippen molar-refractivity contribution in [3.05, 3.63) is 12.2 Å². The monoisotopic (exact) mass is 180 g/mol. The van der Waals surface area contributed by atoms with Crippen LogP contribution in [0.3, 0.4) is 0 Å². The highest BCUT2D eigenvalue weighted by Crippen LogP contribution is 2.42. The molecule has 0 aromatic rings. The van der Waals surface area contributed by atoms with Crippen molar-refractivity contribution in [3.8, 4) is 0 Å². The van der Waals surface area contributed by atoms with Crippen LogP contribution in [0.5, 0.6) is 0 Å². The van der Waals surface area contributed by atoms with Crippen molar-refractivity contribution in [1.29, 1.82) is 0 Å². The van der Waals surface area contributed by atoms with Crippen molar-refractivity contribution in [2.45, 2.75) is 47.0 Å². The van der Waals surface area contributed by atoms with Crippen molar-refractivity contribution in [2.75, 3.05) is 0 Å². The van der Waals surface area contributed by atoms with Gasteiger partial charge >= 0.3 is 0 Å². The third-order valence-corrected chi connectivity index (χ3v) is 3.02. The van der Waals surface area contributed by atoms with Crippen molar-refractivity contribution in [3.63, 3.8) is 0 Å². The highest BCUT2D eigenvalue weighted by atomic mass is 14.4. The zero-order valence-corrected chi connectivity index (χ0v) is 9.59. The standard InChI is InChI=1S/C13H24/c1-10(2)6-5-7-11(3)8-13-9-12(13)4/h5,7,10-13H,6,8-9H2,1-4H3. The number of allylic oxidation sites excluding steroid dienone is 2. The van der Waals surface area contributed by atoms with E-state index >= 15 is 0 Å². The molecule has 1 aliphatic rings. The Kier molecular flexibility index (Phi) is 4.02. The van der Waals surface area contributed by atoms with Gasteiger partial charge in [0.15, 0.2) is 0 Å². The Hall–Kier alpha value is -0.260. The number of hydrogen-bond acceptors (Lipinski definition) is 0. The first-order chi connectivity index (χ1) is 6.09. The Balaban J connectivity index is 2.09. The Bertz CT molecular complexity index is 167. The lowest BCUT2D eigenvalue weighted by Gasteiger charge is -2.05. The molecule has 1 aliphatic carbocycles. The van der Waals surface area contributed by atoms with E-state index in [0.717, 1.165) is 23.7 Å². The third-order valence-electron chi connectivity index (χ3n) is 3.02. The Morgan fingerprint density at radius 3 is 2.38 bits per heavy atom. The summed E-state index contributed by atoms with van der Waals surface area (Å²) in [6, 6.07) is 0. The summed E-state index contributed by atoms with van der Waals surface area (Å²) >= 11 is 0. The van der Waals surface area contributed by atoms with Crippen LogP contribution in [0.25, 0.3) is 0 Å². The molecule has 0 heteroatoms. The van der Waals surface area contributed by atoms with E-state index in [1.807, 2.05) is 0 Å². The fourth-order valence-corrected chi connectivity index (χ4v) is 1.87. The minimum atomic E-state index is 0.800. The molecule has 0 radical (unpaired) electrons. The maximum atomic E-state index is 2.41. The highest BCUT2D eigenvalue weighted by molar-refractivity contribution is 4.92. The van der Waals surface area contributed by atoms with E-state index in [2.05, 4.69) is 39.8 Å². The molecule has 1 saturated carbocycles. The predicted octanol–water partition coefficient (Wildman–Crippen LogP) is 4.27. The molecular formula is C13H24. The molecule has 13 heavy (non-hydrogen) atoms. The maximum absolute atomic E-state index is 2.41. The molecule has 3 atom stereocenters. The van der Waals surface area contributed by atoms with Gasteiger partial charge in [-0.2, -0.15) is 0 Å². The van der Waals surface area contributed by atoms with Crippen LogP contribution in [0.15, 0.2) is 12.2 Å². The second-order valence-electron chi connectivity index (χ2n) is 5.24. The summed E-state index contributed by atoms with van der Waals surface area (Å²) in [6.07, 6.45) is 8.90. The average molecular weight is 180 g/mol. The van der Waals surface area contributed by atoms with Crippen molar-refractivity contribution < 1.29 is 0 Å². The number of rotatable bonds is 5. The van der Waals surface area contributed by atoms with Crippen molar-refractivity contribution in [1.82, 2.24) is 0 Å². The summed E-state index contributed by atoms with van der Waals surface area (Å²) < 4.78 is 0. The van der Waals surface area contributed by atoms with Crippen LogP contribution in [0.4, 0.5) is 0 Å². The lowest BCUT2D eigenvalue weighted by Crippen LogP contribution is -1.92. The van der Waals surface area contributed by atoms with Crippen LogP contribution in [-0.4, -0.2) is 0 Å². The van der Waals surface area contributed by atoms with Gasteiger partial charge in [0.1, 0.15) is 0 Å². The van der Waals surface area contributed by atoms with E-state index < -0.39 is 0 Å². The molecule has 0 saturated heterocycles. The topological polar surface area (TPSA) is 0 Å². The fourth-order valence-electron chi connectivity index (χ4n) is 1.87. The minimum Gasteiger partial charge on any atom is -0.0880 e. The molecule has 0 aliphatic heterocycles. The van der Waals surface area contributed by atoms with Gasteiger partial charge < -0.3 is 0 Å². The average Bonchev–Trinajstić information content (AvgIpc) is 2.65. The number of hydrogen-bond donors (Lipinski definition) is 0. The van der Waals surface area contributed by atoms with Crippen LogP contribution in [0.1, 0.15) is 47.0 Å². The lowest BCUT2D eigenvalue weighted by atomic mass is 10.0. The summed E-state index contributed by atoms with van der Waals surface area (Å²) in [6.45, 7) is 9.27. The Morgan fingerprint density at radius 2 is 1.92 bits per heavy atom. The normalized spacial score (nSPS) is 29.9. The van der Waals surface area contributed by atoms with Gasteiger partial charge in [0.2, 0.25) is 0 Å². The SMILES string of the molecule is CC(C)CC=CC(C)CC1CC1C. The quantitative estimate of drug-likeness (QED) is 0.554. The van der Waals surface area contributed by atoms with Crippen LogP contribution >= 0.6 is 0 Å². The second-order valence-corrected chi connectivity index (χ2v) is 5.24. The molecular weight excluding hydrogens is 156 g/mol. The summed E-state index contributed by atoms with van der Waals surface area (Å²) in [5, 5.41) is 0. The smallest absolute Gasteiger partial charge is 0.0259 e. The van der Waals surface area contributed by atoms with E-state index in [4.69, 9.17) is 0 Å². The third kappa shape index (κ3) is 4.50. The first kappa shape index (κ1) is 10.8. The summed E-state index contributed by atoms with van der Waals surface area (Å²) in [5.74, 6) is 3.66. The fraction of sp³-hybridized carbons (Fsp3) is 0.846. The van der Waals surface area contributed by atoms with Gasteiger partial charge in [-0.3, -0.25) is 0 Å². The van der Waals surface area contributed by atoms with Crippen molar-refractivity contribution in [2.24, 2.45) is 23.7 Å². The summed E-state index contributed by atoms with van der Waals surface area (Å²) in [4.78, 5) is 0. The Labute approximate surface area is 83.4 Å². The van der Waals surface area contributed by atoms with Crippen LogP contribution in [0, 0.1) is 23.7 Å². The predicted molar refractivity (Wildman–Crippen MR) is 59.6 cm³/mol. The molecule has 0 aromatic heterocycles. The van der Waals surface area contributed by atoms with E-state index in [9.17, 15) is 0 Å². The zero-order valence-electron chi connectivity index (χ0n) is 9.59. The molecule has 1 rings (SSSR count). The van der Waals surface area contributed by atoms with Crippen LogP contribution in [0.2, 0.25) is 0 Å². The molecule has 76 valence electrons. The molecule has 0 bridgehead atoms. The first-order valence-electron chi connectivity index (χ1n) is 5.76. The van der Waals surface area contributed by atoms with Gasteiger partial charge in [0, 0.05) is 0 Å². The molecule has 0 aromatic carbocycles. The maximum Gasteiger partial charge on any atom is -0.0259 e. The van der Waals surface area contributed by atoms with Crippen molar-refractivity contribution >= 4 is 0 Å².